The Morgan fingerprint density at radius 2 is 1.94 bits per heavy atom. The van der Waals surface area contributed by atoms with Crippen LogP contribution in [-0.4, -0.2) is 19.9 Å². The number of nitrogens with zero attached hydrogens (tertiary/aromatic N) is 1. The quantitative estimate of drug-likeness (QED) is 0.744. The Kier molecular flexibility index (Phi) is 3.62. The Labute approximate surface area is 91.4 Å². The third-order valence-electron chi connectivity index (χ3n) is 2.19. The largest absolute Gasteiger partial charge is 0.483 e. The lowest BCUT2D eigenvalue weighted by Gasteiger charge is -2.11. The number of ether oxygens (including phenoxy) is 1. The summed E-state index contributed by atoms with van der Waals surface area (Å²) in [5.74, 6) is 0.211. The predicted molar refractivity (Wildman–Crippen MR) is 50.2 cm³/mol. The fourth-order valence-electron chi connectivity index (χ4n) is 1.23. The van der Waals surface area contributed by atoms with Crippen LogP contribution < -0.4 is 14.3 Å². The lowest BCUT2D eigenvalue weighted by molar-refractivity contribution is -0.889. The van der Waals surface area contributed by atoms with Crippen LogP contribution in [0.15, 0.2) is 12.3 Å². The second-order valence-corrected chi connectivity index (χ2v) is 3.30. The fraction of sp³-hybridized carbons (Fsp3) is 0.500. The van der Waals surface area contributed by atoms with Crippen molar-refractivity contribution in [2.24, 2.45) is 0 Å². The number of aromatic nitrogens is 1. The lowest BCUT2D eigenvalue weighted by Crippen LogP contribution is -2.43. The summed E-state index contributed by atoms with van der Waals surface area (Å²) in [5, 5.41) is 0. The van der Waals surface area contributed by atoms with Gasteiger partial charge in [0.1, 0.15) is 12.9 Å². The molecule has 1 heterocycles. The van der Waals surface area contributed by atoms with Crippen LogP contribution in [0.25, 0.3) is 0 Å². The van der Waals surface area contributed by atoms with E-state index in [2.05, 4.69) is 4.74 Å². The van der Waals surface area contributed by atoms with E-state index < -0.39 is 12.8 Å². The number of pyridine rings is 1. The zero-order valence-corrected chi connectivity index (χ0v) is 9.26. The molecule has 1 aromatic heterocycles. The zero-order chi connectivity index (χ0) is 12.3. The van der Waals surface area contributed by atoms with Crippen molar-refractivity contribution in [2.45, 2.75) is 20.0 Å². The van der Waals surface area contributed by atoms with E-state index in [4.69, 9.17) is 4.84 Å². The van der Waals surface area contributed by atoms with Crippen LogP contribution in [0.2, 0.25) is 0 Å². The van der Waals surface area contributed by atoms with Crippen molar-refractivity contribution in [1.82, 2.24) is 0 Å². The highest BCUT2D eigenvalue weighted by Gasteiger charge is 2.29. The van der Waals surface area contributed by atoms with Crippen molar-refractivity contribution < 1.29 is 27.5 Å². The van der Waals surface area contributed by atoms with Gasteiger partial charge in [-0.15, -0.1) is 0 Å². The van der Waals surface area contributed by atoms with Crippen molar-refractivity contribution in [1.29, 1.82) is 0 Å². The summed E-state index contributed by atoms with van der Waals surface area (Å²) in [4.78, 5) is 4.97. The number of hydrogen-bond acceptors (Lipinski definition) is 2. The summed E-state index contributed by atoms with van der Waals surface area (Å²) >= 11 is 0. The van der Waals surface area contributed by atoms with Gasteiger partial charge in [-0.25, -0.2) is 0 Å². The van der Waals surface area contributed by atoms with E-state index in [0.29, 0.717) is 11.3 Å². The van der Waals surface area contributed by atoms with Crippen LogP contribution in [0.5, 0.6) is 5.75 Å². The number of hydrogen-bond donors (Lipinski definition) is 0. The molecular weight excluding hydrogens is 223 g/mol. The van der Waals surface area contributed by atoms with E-state index in [1.165, 1.54) is 24.1 Å². The smallest absolute Gasteiger partial charge is 0.422 e. The Balaban J connectivity index is 2.87. The molecule has 0 aromatic carbocycles. The van der Waals surface area contributed by atoms with Crippen molar-refractivity contribution >= 4 is 0 Å². The van der Waals surface area contributed by atoms with E-state index in [-0.39, 0.29) is 5.75 Å². The molecule has 0 aliphatic carbocycles. The first-order chi connectivity index (χ1) is 7.35. The molecule has 0 aliphatic rings. The lowest BCUT2D eigenvalue weighted by atomic mass is 10.2. The monoisotopic (exact) mass is 236 g/mol. The molecule has 90 valence electrons. The van der Waals surface area contributed by atoms with Crippen LogP contribution in [0.3, 0.4) is 0 Å². The molecule has 16 heavy (non-hydrogen) atoms. The van der Waals surface area contributed by atoms with E-state index in [9.17, 15) is 13.2 Å². The molecule has 0 atom stereocenters. The van der Waals surface area contributed by atoms with Crippen molar-refractivity contribution in [3.8, 4) is 5.75 Å². The molecule has 0 radical (unpaired) electrons. The summed E-state index contributed by atoms with van der Waals surface area (Å²) in [6, 6.07) is 1.44. The molecule has 6 heteroatoms. The highest BCUT2D eigenvalue weighted by Crippen LogP contribution is 2.21. The summed E-state index contributed by atoms with van der Waals surface area (Å²) in [5.41, 5.74) is 1.32. The maximum absolute atomic E-state index is 12.0. The second-order valence-electron chi connectivity index (χ2n) is 3.30. The molecule has 0 saturated carbocycles. The molecule has 0 N–H and O–H groups in total. The minimum atomic E-state index is -4.33. The first-order valence-electron chi connectivity index (χ1n) is 4.61. The van der Waals surface area contributed by atoms with Crippen LogP contribution in [0.4, 0.5) is 13.2 Å². The molecule has 0 amide bonds. The van der Waals surface area contributed by atoms with Gasteiger partial charge in [-0.1, -0.05) is 0 Å². The molecule has 0 saturated heterocycles. The molecule has 0 fully saturated rings. The van der Waals surface area contributed by atoms with Crippen LogP contribution in [-0.2, 0) is 0 Å². The van der Waals surface area contributed by atoms with Crippen LogP contribution in [0.1, 0.15) is 11.3 Å². The van der Waals surface area contributed by atoms with E-state index in [1.807, 2.05) is 0 Å². The highest BCUT2D eigenvalue weighted by atomic mass is 19.4. The van der Waals surface area contributed by atoms with Gasteiger partial charge in [0.15, 0.2) is 6.61 Å². The van der Waals surface area contributed by atoms with Crippen molar-refractivity contribution in [2.75, 3.05) is 13.7 Å². The average Bonchev–Trinajstić information content (AvgIpc) is 2.19. The van der Waals surface area contributed by atoms with E-state index in [0.717, 1.165) is 0 Å². The third kappa shape index (κ3) is 3.01. The van der Waals surface area contributed by atoms with Gasteiger partial charge in [-0.05, 0) is 6.92 Å². The van der Waals surface area contributed by atoms with Gasteiger partial charge in [0.2, 0.25) is 11.9 Å². The zero-order valence-electron chi connectivity index (χ0n) is 9.26. The normalized spacial score (nSPS) is 11.4. The molecule has 0 bridgehead atoms. The summed E-state index contributed by atoms with van der Waals surface area (Å²) in [6.45, 7) is 2.13. The van der Waals surface area contributed by atoms with Gasteiger partial charge in [0, 0.05) is 17.7 Å². The Hall–Kier alpha value is -1.46. The standard InChI is InChI=1S/C10H13F3NO2/c1-7-8(2)14(15-3)5-4-9(7)16-6-10(11,12)13/h4-5H,6H2,1-3H3/q+1. The molecule has 0 aliphatic heterocycles. The molecule has 0 spiro atoms. The molecule has 1 rings (SSSR count). The average molecular weight is 236 g/mol. The van der Waals surface area contributed by atoms with Crippen LogP contribution >= 0.6 is 0 Å². The Morgan fingerprint density at radius 3 is 2.44 bits per heavy atom. The minimum absolute atomic E-state index is 0.211. The number of alkyl halides is 3. The maximum Gasteiger partial charge on any atom is 0.422 e. The van der Waals surface area contributed by atoms with Gasteiger partial charge in [0.05, 0.1) is 5.56 Å². The first-order valence-corrected chi connectivity index (χ1v) is 4.61. The maximum atomic E-state index is 12.0. The van der Waals surface area contributed by atoms with Crippen LogP contribution in [0, 0.1) is 13.8 Å². The van der Waals surface area contributed by atoms with E-state index >= 15 is 0 Å². The summed E-state index contributed by atoms with van der Waals surface area (Å²) in [6.07, 6.45) is -2.82. The molecule has 1 aromatic rings. The Bertz CT molecular complexity index is 377. The molecular formula is C10H13F3NO2+. The van der Waals surface area contributed by atoms with Crippen molar-refractivity contribution in [3.63, 3.8) is 0 Å². The fourth-order valence-corrected chi connectivity index (χ4v) is 1.23. The van der Waals surface area contributed by atoms with Gasteiger partial charge < -0.3 is 4.74 Å². The van der Waals surface area contributed by atoms with Gasteiger partial charge in [-0.2, -0.15) is 13.2 Å². The minimum Gasteiger partial charge on any atom is -0.483 e. The first kappa shape index (κ1) is 12.6. The summed E-state index contributed by atoms with van der Waals surface area (Å²) in [7, 11) is 1.47. The Morgan fingerprint density at radius 1 is 1.31 bits per heavy atom. The van der Waals surface area contributed by atoms with Gasteiger partial charge in [0.25, 0.3) is 0 Å². The molecule has 3 nitrogen and oxygen atoms in total. The second kappa shape index (κ2) is 4.59. The molecule has 0 unspecified atom stereocenters. The topological polar surface area (TPSA) is 22.3 Å². The van der Waals surface area contributed by atoms with Gasteiger partial charge >= 0.3 is 6.18 Å². The third-order valence-corrected chi connectivity index (χ3v) is 2.19. The SMILES string of the molecule is CO[n+]1ccc(OCC(F)(F)F)c(C)c1C. The number of halogens is 3. The highest BCUT2D eigenvalue weighted by molar-refractivity contribution is 5.31. The van der Waals surface area contributed by atoms with Crippen molar-refractivity contribution in [3.05, 3.63) is 23.5 Å². The number of rotatable bonds is 3. The van der Waals surface area contributed by atoms with Gasteiger partial charge in [-0.3, -0.25) is 4.84 Å². The predicted octanol–water partition coefficient (Wildman–Crippen LogP) is 1.59. The summed E-state index contributed by atoms with van der Waals surface area (Å²) < 4.78 is 42.0. The van der Waals surface area contributed by atoms with E-state index in [1.54, 1.807) is 13.8 Å².